The average molecular weight is 390 g/mol. The van der Waals surface area contributed by atoms with E-state index in [0.29, 0.717) is 25.0 Å². The highest BCUT2D eigenvalue weighted by atomic mass is 32.2. The molecule has 8 nitrogen and oxygen atoms in total. The summed E-state index contributed by atoms with van der Waals surface area (Å²) in [5.74, 6) is -0.746. The van der Waals surface area contributed by atoms with Gasteiger partial charge in [-0.2, -0.15) is 0 Å². The molecule has 4 atom stereocenters. The van der Waals surface area contributed by atoms with Crippen molar-refractivity contribution in [3.05, 3.63) is 0 Å². The number of hydrogen-bond donors (Lipinski definition) is 1. The predicted octanol–water partition coefficient (Wildman–Crippen LogP) is -0.325. The minimum Gasteiger partial charge on any atom is -0.451 e. The van der Waals surface area contributed by atoms with E-state index in [1.807, 2.05) is 6.92 Å². The second kappa shape index (κ2) is 6.46. The van der Waals surface area contributed by atoms with E-state index in [9.17, 15) is 22.8 Å². The molecule has 0 saturated carbocycles. The van der Waals surface area contributed by atoms with Crippen LogP contribution >= 0.6 is 11.8 Å². The lowest BCUT2D eigenvalue weighted by Crippen LogP contribution is -2.49. The molecule has 3 saturated heterocycles. The molecule has 3 fully saturated rings. The molecule has 25 heavy (non-hydrogen) atoms. The Morgan fingerprint density at radius 3 is 2.80 bits per heavy atom. The van der Waals surface area contributed by atoms with E-state index in [2.05, 4.69) is 5.32 Å². The second-order valence-corrected chi connectivity index (χ2v) is 10.7. The lowest BCUT2D eigenvalue weighted by molar-refractivity contribution is -0.161. The molecule has 3 rings (SSSR count). The fourth-order valence-electron chi connectivity index (χ4n) is 3.53. The number of ether oxygens (including phenoxy) is 1. The molecular weight excluding hydrogens is 368 g/mol. The van der Waals surface area contributed by atoms with Gasteiger partial charge in [0.2, 0.25) is 5.91 Å². The van der Waals surface area contributed by atoms with Crippen molar-refractivity contribution in [2.45, 2.75) is 56.2 Å². The Bertz CT molecular complexity index is 709. The van der Waals surface area contributed by atoms with Crippen LogP contribution in [0.5, 0.6) is 0 Å². The van der Waals surface area contributed by atoms with Gasteiger partial charge in [-0.1, -0.05) is 0 Å². The molecule has 0 aromatic carbocycles. The molecule has 0 bridgehead atoms. The van der Waals surface area contributed by atoms with Gasteiger partial charge in [0.05, 0.1) is 16.4 Å². The van der Waals surface area contributed by atoms with Gasteiger partial charge in [-0.25, -0.2) is 13.2 Å². The number of esters is 1. The molecule has 0 aromatic rings. The highest BCUT2D eigenvalue weighted by Gasteiger charge is 2.53. The maximum Gasteiger partial charge on any atom is 0.330 e. The van der Waals surface area contributed by atoms with Gasteiger partial charge in [-0.05, 0) is 26.7 Å². The summed E-state index contributed by atoms with van der Waals surface area (Å²) in [5.41, 5.74) is 0. The first-order chi connectivity index (χ1) is 11.6. The number of sulfone groups is 1. The predicted molar refractivity (Wildman–Crippen MR) is 91.5 cm³/mol. The lowest BCUT2D eigenvalue weighted by atomic mass is 10.2. The molecule has 3 aliphatic heterocycles. The summed E-state index contributed by atoms with van der Waals surface area (Å²) in [6.07, 6.45) is 0.450. The molecule has 3 aliphatic rings. The summed E-state index contributed by atoms with van der Waals surface area (Å²) in [4.78, 5) is 37.8. The topological polar surface area (TPSA) is 110 Å². The third-order valence-electron chi connectivity index (χ3n) is 4.96. The van der Waals surface area contributed by atoms with Crippen LogP contribution in [0.25, 0.3) is 0 Å². The molecule has 2 amide bonds. The first-order valence-electron chi connectivity index (χ1n) is 8.29. The molecule has 0 radical (unpaired) electrons. The maximum atomic E-state index is 12.4. The van der Waals surface area contributed by atoms with Crippen molar-refractivity contribution in [2.24, 2.45) is 0 Å². The standard InChI is InChI=1S/C15H22N2O6S2/c1-9(13(19)16-10-4-6-25(21,22)8-10)23-14(20)11-7-24-15(2)5-3-12(18)17(11)15/h9-11H,3-8H2,1-2H3,(H,16,19)/t9-,10-,11+,15+/m1/s1. The normalized spacial score (nSPS) is 34.6. The maximum absolute atomic E-state index is 12.4. The van der Waals surface area contributed by atoms with Gasteiger partial charge in [0, 0.05) is 18.2 Å². The molecule has 140 valence electrons. The molecule has 0 unspecified atom stereocenters. The number of rotatable bonds is 4. The molecule has 0 aromatic heterocycles. The first kappa shape index (κ1) is 18.5. The monoisotopic (exact) mass is 390 g/mol. The summed E-state index contributed by atoms with van der Waals surface area (Å²) >= 11 is 1.55. The Kier molecular flexibility index (Phi) is 4.78. The lowest BCUT2D eigenvalue weighted by Gasteiger charge is -2.30. The van der Waals surface area contributed by atoms with E-state index in [4.69, 9.17) is 4.74 Å². The van der Waals surface area contributed by atoms with Crippen molar-refractivity contribution in [2.75, 3.05) is 17.3 Å². The van der Waals surface area contributed by atoms with Gasteiger partial charge in [-0.15, -0.1) is 11.8 Å². The summed E-state index contributed by atoms with van der Waals surface area (Å²) in [7, 11) is -3.10. The first-order valence-corrected chi connectivity index (χ1v) is 11.1. The Morgan fingerprint density at radius 1 is 1.44 bits per heavy atom. The van der Waals surface area contributed by atoms with Gasteiger partial charge < -0.3 is 15.0 Å². The molecule has 1 N–H and O–H groups in total. The van der Waals surface area contributed by atoms with Crippen LogP contribution in [0.2, 0.25) is 0 Å². The quantitative estimate of drug-likeness (QED) is 0.655. The number of fused-ring (bicyclic) bond motifs is 1. The van der Waals surface area contributed by atoms with Crippen LogP contribution in [0, 0.1) is 0 Å². The molecule has 10 heteroatoms. The van der Waals surface area contributed by atoms with E-state index < -0.39 is 39.9 Å². The Balaban J connectivity index is 1.56. The SMILES string of the molecule is C[C@@H](OC(=O)[C@@H]1CS[C@@]2(C)CCC(=O)N12)C(=O)N[C@@H]1CCS(=O)(=O)C1. The van der Waals surface area contributed by atoms with Gasteiger partial charge in [0.25, 0.3) is 5.91 Å². The van der Waals surface area contributed by atoms with E-state index in [1.54, 1.807) is 16.7 Å². The third kappa shape index (κ3) is 3.64. The van der Waals surface area contributed by atoms with Crippen molar-refractivity contribution in [3.8, 4) is 0 Å². The second-order valence-electron chi connectivity index (χ2n) is 6.95. The Labute approximate surface area is 150 Å². The fourth-order valence-corrected chi connectivity index (χ4v) is 6.62. The third-order valence-corrected chi connectivity index (χ3v) is 8.23. The minimum atomic E-state index is -3.10. The smallest absolute Gasteiger partial charge is 0.330 e. The number of thioether (sulfide) groups is 1. The number of carbonyl (C=O) groups is 3. The van der Waals surface area contributed by atoms with Gasteiger partial charge in [-0.3, -0.25) is 9.59 Å². The van der Waals surface area contributed by atoms with E-state index in [0.717, 1.165) is 0 Å². The van der Waals surface area contributed by atoms with Crippen LogP contribution in [-0.2, 0) is 29.0 Å². The summed E-state index contributed by atoms with van der Waals surface area (Å²) in [5, 5.41) is 2.61. The van der Waals surface area contributed by atoms with Crippen molar-refractivity contribution < 1.29 is 27.5 Å². The Morgan fingerprint density at radius 2 is 2.16 bits per heavy atom. The van der Waals surface area contributed by atoms with Gasteiger partial charge in [0.1, 0.15) is 6.04 Å². The van der Waals surface area contributed by atoms with E-state index >= 15 is 0 Å². The number of carbonyl (C=O) groups excluding carboxylic acids is 3. The number of amides is 2. The van der Waals surface area contributed by atoms with E-state index in [-0.39, 0.29) is 22.3 Å². The van der Waals surface area contributed by atoms with Crippen LogP contribution < -0.4 is 5.32 Å². The Hall–Kier alpha value is -1.29. The number of hydrogen-bond acceptors (Lipinski definition) is 7. The fraction of sp³-hybridized carbons (Fsp3) is 0.800. The van der Waals surface area contributed by atoms with Crippen LogP contribution in [0.3, 0.4) is 0 Å². The van der Waals surface area contributed by atoms with Crippen LogP contribution in [0.15, 0.2) is 0 Å². The zero-order valence-corrected chi connectivity index (χ0v) is 15.8. The molecule has 3 heterocycles. The number of nitrogens with one attached hydrogen (secondary N) is 1. The van der Waals surface area contributed by atoms with Crippen LogP contribution in [0.1, 0.15) is 33.1 Å². The largest absolute Gasteiger partial charge is 0.451 e. The molecule has 0 spiro atoms. The molecular formula is C15H22N2O6S2. The van der Waals surface area contributed by atoms with Crippen LogP contribution in [0.4, 0.5) is 0 Å². The van der Waals surface area contributed by atoms with Crippen molar-refractivity contribution in [1.82, 2.24) is 10.2 Å². The van der Waals surface area contributed by atoms with E-state index in [1.165, 1.54) is 6.92 Å². The highest BCUT2D eigenvalue weighted by Crippen LogP contribution is 2.47. The van der Waals surface area contributed by atoms with Gasteiger partial charge >= 0.3 is 5.97 Å². The van der Waals surface area contributed by atoms with Crippen LogP contribution in [-0.4, -0.2) is 71.4 Å². The average Bonchev–Trinajstić information content (AvgIpc) is 3.13. The van der Waals surface area contributed by atoms with Crippen molar-refractivity contribution >= 4 is 39.4 Å². The van der Waals surface area contributed by atoms with Gasteiger partial charge in [0.15, 0.2) is 15.9 Å². The molecule has 0 aliphatic carbocycles. The summed E-state index contributed by atoms with van der Waals surface area (Å²) in [6.45, 7) is 3.39. The zero-order valence-electron chi connectivity index (χ0n) is 14.2. The number of nitrogens with zero attached hydrogens (tertiary/aromatic N) is 1. The summed E-state index contributed by atoms with van der Waals surface area (Å²) < 4.78 is 28.1. The minimum absolute atomic E-state index is 0.0566. The summed E-state index contributed by atoms with van der Waals surface area (Å²) in [6, 6.07) is -1.11. The zero-order chi connectivity index (χ0) is 18.4. The van der Waals surface area contributed by atoms with Crippen molar-refractivity contribution in [3.63, 3.8) is 0 Å². The highest BCUT2D eigenvalue weighted by molar-refractivity contribution is 8.01. The van der Waals surface area contributed by atoms with Crippen molar-refractivity contribution in [1.29, 1.82) is 0 Å².